The van der Waals surface area contributed by atoms with Crippen molar-refractivity contribution in [2.24, 2.45) is 11.5 Å². The summed E-state index contributed by atoms with van der Waals surface area (Å²) in [6, 6.07) is 0.894. The van der Waals surface area contributed by atoms with Gasteiger partial charge in [-0.2, -0.15) is 0 Å². The predicted molar refractivity (Wildman–Crippen MR) is 145 cm³/mol. The van der Waals surface area contributed by atoms with Gasteiger partial charge in [-0.05, 0) is 49.9 Å². The van der Waals surface area contributed by atoms with E-state index in [1.54, 1.807) is 12.1 Å². The van der Waals surface area contributed by atoms with Gasteiger partial charge in [-0.25, -0.2) is 9.78 Å². The third-order valence-electron chi connectivity index (χ3n) is 6.18. The van der Waals surface area contributed by atoms with Crippen molar-refractivity contribution in [2.45, 2.75) is 69.1 Å². The maximum atomic E-state index is 13.4. The van der Waals surface area contributed by atoms with Gasteiger partial charge in [0.25, 0.3) is 0 Å². The maximum Gasteiger partial charge on any atom is 0.326 e. The summed E-state index contributed by atoms with van der Waals surface area (Å²) in [5.74, 6) is -4.90. The highest BCUT2D eigenvalue weighted by Gasteiger charge is 2.31. The summed E-state index contributed by atoms with van der Waals surface area (Å²) in [6.07, 6.45) is 3.21. The fourth-order valence-corrected chi connectivity index (χ4v) is 3.91. The number of aromatic amines is 1. The number of aliphatic carboxylic acids is 2. The topological polar surface area (TPSA) is 263 Å². The van der Waals surface area contributed by atoms with Crippen molar-refractivity contribution in [3.05, 3.63) is 48.0 Å². The number of benzene rings is 1. The van der Waals surface area contributed by atoms with E-state index >= 15 is 0 Å². The molecule has 0 saturated heterocycles. The minimum atomic E-state index is -1.41. The maximum absolute atomic E-state index is 13.4. The predicted octanol–water partition coefficient (Wildman–Crippen LogP) is -1.24. The van der Waals surface area contributed by atoms with Crippen LogP contribution in [0.1, 0.15) is 43.4 Å². The summed E-state index contributed by atoms with van der Waals surface area (Å²) in [7, 11) is 0. The first-order valence-corrected chi connectivity index (χ1v) is 13.1. The molecule has 0 spiro atoms. The fraction of sp³-hybridized carbons (Fsp3) is 0.462. The van der Waals surface area contributed by atoms with E-state index in [0.29, 0.717) is 30.6 Å². The van der Waals surface area contributed by atoms with Crippen LogP contribution in [-0.4, -0.2) is 85.7 Å². The average Bonchev–Trinajstić information content (AvgIpc) is 3.43. The van der Waals surface area contributed by atoms with Crippen molar-refractivity contribution >= 4 is 29.7 Å². The summed E-state index contributed by atoms with van der Waals surface area (Å²) in [4.78, 5) is 68.9. The molecular formula is C26H37N7O8. The zero-order valence-electron chi connectivity index (χ0n) is 22.4. The van der Waals surface area contributed by atoms with Crippen LogP contribution in [0.3, 0.4) is 0 Å². The molecule has 41 heavy (non-hydrogen) atoms. The normalized spacial score (nSPS) is 13.8. The molecule has 0 saturated carbocycles. The Morgan fingerprint density at radius 2 is 1.49 bits per heavy atom. The molecule has 0 aliphatic carbocycles. The molecule has 0 aliphatic rings. The number of hydrogen-bond donors (Lipinski definition) is 9. The summed E-state index contributed by atoms with van der Waals surface area (Å²) in [6.45, 7) is 0.345. The molecule has 2 aromatic rings. The zero-order valence-corrected chi connectivity index (χ0v) is 22.4. The number of carboxylic acid groups (broad SMARTS) is 2. The van der Waals surface area contributed by atoms with Crippen molar-refractivity contribution in [3.63, 3.8) is 0 Å². The van der Waals surface area contributed by atoms with Crippen molar-refractivity contribution in [1.29, 1.82) is 0 Å². The van der Waals surface area contributed by atoms with Crippen LogP contribution in [0.2, 0.25) is 0 Å². The monoisotopic (exact) mass is 575 g/mol. The molecule has 0 fully saturated rings. The number of phenols is 1. The number of aromatic hydroxyl groups is 1. The molecule has 1 aromatic carbocycles. The molecule has 3 amide bonds. The number of carboxylic acids is 2. The molecule has 15 nitrogen and oxygen atoms in total. The zero-order chi connectivity index (χ0) is 30.4. The van der Waals surface area contributed by atoms with Crippen molar-refractivity contribution in [3.8, 4) is 5.75 Å². The van der Waals surface area contributed by atoms with Gasteiger partial charge in [0.15, 0.2) is 0 Å². The molecule has 4 unspecified atom stereocenters. The average molecular weight is 576 g/mol. The minimum Gasteiger partial charge on any atom is -0.508 e. The van der Waals surface area contributed by atoms with E-state index in [1.807, 2.05) is 0 Å². The molecule has 0 radical (unpaired) electrons. The number of imidazole rings is 1. The van der Waals surface area contributed by atoms with Gasteiger partial charge in [0, 0.05) is 31.2 Å². The van der Waals surface area contributed by atoms with Gasteiger partial charge < -0.3 is 47.7 Å². The van der Waals surface area contributed by atoms with Gasteiger partial charge in [-0.3, -0.25) is 19.2 Å². The number of nitrogens with two attached hydrogens (primary N) is 2. The van der Waals surface area contributed by atoms with Gasteiger partial charge >= 0.3 is 11.9 Å². The van der Waals surface area contributed by atoms with Crippen LogP contribution >= 0.6 is 0 Å². The van der Waals surface area contributed by atoms with Gasteiger partial charge in [-0.1, -0.05) is 12.1 Å². The third kappa shape index (κ3) is 11.6. The third-order valence-corrected chi connectivity index (χ3v) is 6.18. The summed E-state index contributed by atoms with van der Waals surface area (Å²) in [5, 5.41) is 35.6. The Morgan fingerprint density at radius 1 is 0.854 bits per heavy atom. The number of aromatic nitrogens is 2. The first kappa shape index (κ1) is 32.7. The number of nitrogens with zero attached hydrogens (tertiary/aromatic N) is 1. The Labute approximate surface area is 236 Å². The number of unbranched alkanes of at least 4 members (excludes halogenated alkanes) is 1. The Hall–Kier alpha value is -4.50. The molecule has 0 aliphatic heterocycles. The number of H-pyrrole nitrogens is 1. The van der Waals surface area contributed by atoms with Crippen LogP contribution in [0.4, 0.5) is 0 Å². The highest BCUT2D eigenvalue weighted by Crippen LogP contribution is 2.12. The Morgan fingerprint density at radius 3 is 2.07 bits per heavy atom. The van der Waals surface area contributed by atoms with Crippen LogP contribution in [0.5, 0.6) is 5.75 Å². The lowest BCUT2D eigenvalue weighted by molar-refractivity contribution is -0.143. The largest absolute Gasteiger partial charge is 0.508 e. The van der Waals surface area contributed by atoms with E-state index in [9.17, 15) is 34.2 Å². The van der Waals surface area contributed by atoms with Crippen LogP contribution in [0.25, 0.3) is 0 Å². The highest BCUT2D eigenvalue weighted by atomic mass is 16.4. The van der Waals surface area contributed by atoms with E-state index in [2.05, 4.69) is 25.9 Å². The van der Waals surface area contributed by atoms with Crippen LogP contribution < -0.4 is 27.4 Å². The van der Waals surface area contributed by atoms with Gasteiger partial charge in [0.1, 0.15) is 23.9 Å². The molecule has 224 valence electrons. The number of carbonyl (C=O) groups excluding carboxylic acids is 3. The van der Waals surface area contributed by atoms with Crippen molar-refractivity contribution < 1.29 is 39.3 Å². The lowest BCUT2D eigenvalue weighted by atomic mass is 10.0. The van der Waals surface area contributed by atoms with Crippen molar-refractivity contribution in [2.75, 3.05) is 6.54 Å². The molecular weight excluding hydrogens is 538 g/mol. The molecule has 11 N–H and O–H groups in total. The smallest absolute Gasteiger partial charge is 0.326 e. The number of hydrogen-bond acceptors (Lipinski definition) is 9. The Bertz CT molecular complexity index is 1160. The molecule has 0 bridgehead atoms. The molecule has 1 heterocycles. The number of nitrogens with one attached hydrogen (secondary N) is 4. The van der Waals surface area contributed by atoms with Crippen LogP contribution in [0.15, 0.2) is 36.8 Å². The van der Waals surface area contributed by atoms with E-state index in [4.69, 9.17) is 16.6 Å². The second kappa shape index (κ2) is 16.6. The first-order chi connectivity index (χ1) is 19.5. The summed E-state index contributed by atoms with van der Waals surface area (Å²) < 4.78 is 0. The first-order valence-electron chi connectivity index (χ1n) is 13.1. The molecule has 1 aromatic heterocycles. The Kier molecular flexibility index (Phi) is 13.2. The second-order valence-electron chi connectivity index (χ2n) is 9.50. The lowest BCUT2D eigenvalue weighted by Gasteiger charge is -2.25. The number of phenolic OH excluding ortho intramolecular Hbond substituents is 1. The number of rotatable bonds is 18. The van der Waals surface area contributed by atoms with Crippen LogP contribution in [0, 0.1) is 0 Å². The van der Waals surface area contributed by atoms with Gasteiger partial charge in [0.2, 0.25) is 17.7 Å². The number of amides is 3. The minimum absolute atomic E-state index is 0.00906. The van der Waals surface area contributed by atoms with E-state index < -0.39 is 60.2 Å². The SMILES string of the molecule is NCCCCC(NC(=O)C(CCC(=O)O)NC(=O)C(Cc1ccc(O)cc1)NC(=O)C(N)Cc1cnc[nH]1)C(=O)O. The number of carbonyl (C=O) groups is 5. The highest BCUT2D eigenvalue weighted by molar-refractivity contribution is 5.94. The fourth-order valence-electron chi connectivity index (χ4n) is 3.91. The molecule has 15 heteroatoms. The second-order valence-corrected chi connectivity index (χ2v) is 9.50. The Balaban J connectivity index is 2.22. The van der Waals surface area contributed by atoms with Gasteiger partial charge in [0.05, 0.1) is 12.4 Å². The van der Waals surface area contributed by atoms with E-state index in [-0.39, 0.29) is 31.4 Å². The molecule has 2 rings (SSSR count). The summed E-state index contributed by atoms with van der Waals surface area (Å²) in [5.41, 5.74) is 12.6. The van der Waals surface area contributed by atoms with Crippen LogP contribution in [-0.2, 0) is 36.8 Å². The lowest BCUT2D eigenvalue weighted by Crippen LogP contribution is -2.57. The quantitative estimate of drug-likeness (QED) is 0.0949. The summed E-state index contributed by atoms with van der Waals surface area (Å²) >= 11 is 0. The van der Waals surface area contributed by atoms with Crippen molar-refractivity contribution in [1.82, 2.24) is 25.9 Å². The molecule has 4 atom stereocenters. The van der Waals surface area contributed by atoms with Gasteiger partial charge in [-0.15, -0.1) is 0 Å². The standard InChI is InChI=1S/C26H37N7O8/c27-10-2-1-3-20(26(40)41)32-24(38)19(8-9-22(35)36)31-25(39)21(11-15-4-6-17(34)7-5-15)33-23(37)18(28)12-16-13-29-14-30-16/h4-7,13-14,18-21,34H,1-3,8-12,27-28H2,(H,29,30)(H,31,39)(H,32,38)(H,33,37)(H,35,36)(H,40,41). The van der Waals surface area contributed by atoms with E-state index in [0.717, 1.165) is 0 Å². The van der Waals surface area contributed by atoms with E-state index in [1.165, 1.54) is 24.7 Å².